The average Bonchev–Trinajstić information content (AvgIpc) is 2.79. The summed E-state index contributed by atoms with van der Waals surface area (Å²) in [5.41, 5.74) is 6.56. The summed E-state index contributed by atoms with van der Waals surface area (Å²) in [6.45, 7) is 4.49. The summed E-state index contributed by atoms with van der Waals surface area (Å²) in [4.78, 5) is 0. The third-order valence-electron chi connectivity index (χ3n) is 4.96. The van der Waals surface area contributed by atoms with Crippen molar-refractivity contribution in [2.45, 2.75) is 64.3 Å². The van der Waals surface area contributed by atoms with Crippen LogP contribution in [0.25, 0.3) is 0 Å². The maximum atomic E-state index is 6.41. The standard InChI is InChI=1S/C13H25N/c1-3-13(14,4-2)9-12-8-10-5-6-11(12)7-10/h10-12H,3-9,14H2,1-2H3. The molecule has 3 atom stereocenters. The molecule has 2 aliphatic rings. The zero-order chi connectivity index (χ0) is 10.2. The molecule has 2 N–H and O–H groups in total. The third-order valence-corrected chi connectivity index (χ3v) is 4.96. The quantitative estimate of drug-likeness (QED) is 0.731. The molecule has 0 aliphatic heterocycles. The Bertz CT molecular complexity index is 195. The fraction of sp³-hybridized carbons (Fsp3) is 1.00. The van der Waals surface area contributed by atoms with E-state index >= 15 is 0 Å². The van der Waals surface area contributed by atoms with Crippen molar-refractivity contribution in [2.24, 2.45) is 23.5 Å². The molecule has 3 unspecified atom stereocenters. The molecule has 2 fully saturated rings. The van der Waals surface area contributed by atoms with Gasteiger partial charge in [0.2, 0.25) is 0 Å². The minimum Gasteiger partial charge on any atom is -0.325 e. The monoisotopic (exact) mass is 195 g/mol. The van der Waals surface area contributed by atoms with Gasteiger partial charge in [0.1, 0.15) is 0 Å². The lowest BCUT2D eigenvalue weighted by Gasteiger charge is -2.33. The van der Waals surface area contributed by atoms with Gasteiger partial charge in [-0.25, -0.2) is 0 Å². The van der Waals surface area contributed by atoms with Crippen molar-refractivity contribution in [2.75, 3.05) is 0 Å². The minimum atomic E-state index is 0.148. The van der Waals surface area contributed by atoms with Crippen LogP contribution >= 0.6 is 0 Å². The second kappa shape index (κ2) is 3.84. The molecule has 0 saturated heterocycles. The van der Waals surface area contributed by atoms with Crippen LogP contribution in [-0.2, 0) is 0 Å². The molecule has 0 spiro atoms. The lowest BCUT2D eigenvalue weighted by Crippen LogP contribution is -2.41. The number of hydrogen-bond acceptors (Lipinski definition) is 1. The van der Waals surface area contributed by atoms with Gasteiger partial charge in [-0.2, -0.15) is 0 Å². The van der Waals surface area contributed by atoms with Crippen molar-refractivity contribution in [3.05, 3.63) is 0 Å². The largest absolute Gasteiger partial charge is 0.325 e. The minimum absolute atomic E-state index is 0.148. The van der Waals surface area contributed by atoms with Crippen LogP contribution in [0.4, 0.5) is 0 Å². The Morgan fingerprint density at radius 3 is 2.29 bits per heavy atom. The van der Waals surface area contributed by atoms with Gasteiger partial charge in [0.15, 0.2) is 0 Å². The summed E-state index contributed by atoms with van der Waals surface area (Å²) in [6, 6.07) is 0. The Morgan fingerprint density at radius 1 is 1.14 bits per heavy atom. The molecular formula is C13H25N. The molecule has 1 nitrogen and oxygen atoms in total. The van der Waals surface area contributed by atoms with Gasteiger partial charge in [-0.05, 0) is 56.3 Å². The normalized spacial score (nSPS) is 36.6. The van der Waals surface area contributed by atoms with Crippen LogP contribution in [0.5, 0.6) is 0 Å². The zero-order valence-corrected chi connectivity index (χ0v) is 9.76. The van der Waals surface area contributed by atoms with Crippen LogP contribution in [0.3, 0.4) is 0 Å². The molecule has 2 rings (SSSR count). The number of rotatable bonds is 4. The molecule has 2 bridgehead atoms. The second-order valence-electron chi connectivity index (χ2n) is 5.71. The Balaban J connectivity index is 1.91. The van der Waals surface area contributed by atoms with Crippen LogP contribution in [0, 0.1) is 17.8 Å². The first-order valence-electron chi connectivity index (χ1n) is 6.45. The van der Waals surface area contributed by atoms with Gasteiger partial charge in [0.05, 0.1) is 0 Å². The van der Waals surface area contributed by atoms with E-state index < -0.39 is 0 Å². The molecule has 1 heteroatoms. The van der Waals surface area contributed by atoms with Gasteiger partial charge < -0.3 is 5.73 Å². The number of hydrogen-bond donors (Lipinski definition) is 1. The van der Waals surface area contributed by atoms with E-state index in [2.05, 4.69) is 13.8 Å². The summed E-state index contributed by atoms with van der Waals surface area (Å²) < 4.78 is 0. The van der Waals surface area contributed by atoms with Gasteiger partial charge in [-0.15, -0.1) is 0 Å². The number of fused-ring (bicyclic) bond motifs is 2. The lowest BCUT2D eigenvalue weighted by molar-refractivity contribution is 0.230. The molecule has 82 valence electrons. The van der Waals surface area contributed by atoms with E-state index in [1.807, 2.05) is 0 Å². The first kappa shape index (κ1) is 10.5. The SMILES string of the molecule is CCC(N)(CC)CC1CC2CCC1C2. The topological polar surface area (TPSA) is 26.0 Å². The van der Waals surface area contributed by atoms with Crippen LogP contribution in [0.2, 0.25) is 0 Å². The fourth-order valence-corrected chi connectivity index (χ4v) is 3.69. The van der Waals surface area contributed by atoms with Crippen molar-refractivity contribution < 1.29 is 0 Å². The van der Waals surface area contributed by atoms with Crippen molar-refractivity contribution in [1.29, 1.82) is 0 Å². The molecular weight excluding hydrogens is 170 g/mol. The summed E-state index contributed by atoms with van der Waals surface area (Å²) >= 11 is 0. The van der Waals surface area contributed by atoms with E-state index in [-0.39, 0.29) is 5.54 Å². The highest BCUT2D eigenvalue weighted by atomic mass is 14.7. The fourth-order valence-electron chi connectivity index (χ4n) is 3.69. The van der Waals surface area contributed by atoms with Crippen LogP contribution in [0.15, 0.2) is 0 Å². The Morgan fingerprint density at radius 2 is 1.86 bits per heavy atom. The molecule has 2 aliphatic carbocycles. The highest BCUT2D eigenvalue weighted by Crippen LogP contribution is 2.51. The highest BCUT2D eigenvalue weighted by molar-refractivity contribution is 4.95. The van der Waals surface area contributed by atoms with Crippen LogP contribution < -0.4 is 5.73 Å². The number of nitrogens with two attached hydrogens (primary N) is 1. The molecule has 0 aromatic carbocycles. The zero-order valence-electron chi connectivity index (χ0n) is 9.76. The Hall–Kier alpha value is -0.0400. The van der Waals surface area contributed by atoms with Crippen molar-refractivity contribution in [3.8, 4) is 0 Å². The maximum absolute atomic E-state index is 6.41. The Kier molecular flexibility index (Phi) is 2.88. The summed E-state index contributed by atoms with van der Waals surface area (Å²) in [5.74, 6) is 3.09. The highest BCUT2D eigenvalue weighted by Gasteiger charge is 2.41. The molecule has 0 aromatic rings. The molecule has 0 radical (unpaired) electrons. The van der Waals surface area contributed by atoms with Crippen LogP contribution in [-0.4, -0.2) is 5.54 Å². The maximum Gasteiger partial charge on any atom is 0.0151 e. The van der Waals surface area contributed by atoms with E-state index in [9.17, 15) is 0 Å². The molecule has 14 heavy (non-hydrogen) atoms. The predicted molar refractivity (Wildman–Crippen MR) is 61.1 cm³/mol. The van der Waals surface area contributed by atoms with Crippen molar-refractivity contribution in [1.82, 2.24) is 0 Å². The van der Waals surface area contributed by atoms with Gasteiger partial charge >= 0.3 is 0 Å². The molecule has 2 saturated carbocycles. The first-order valence-corrected chi connectivity index (χ1v) is 6.45. The van der Waals surface area contributed by atoms with Gasteiger partial charge in [0, 0.05) is 5.54 Å². The van der Waals surface area contributed by atoms with Gasteiger partial charge in [-0.3, -0.25) is 0 Å². The molecule has 0 amide bonds. The summed E-state index contributed by atoms with van der Waals surface area (Å²) in [5, 5.41) is 0. The van der Waals surface area contributed by atoms with Crippen molar-refractivity contribution in [3.63, 3.8) is 0 Å². The van der Waals surface area contributed by atoms with Crippen LogP contribution in [0.1, 0.15) is 58.8 Å². The van der Waals surface area contributed by atoms with Gasteiger partial charge in [0.25, 0.3) is 0 Å². The lowest BCUT2D eigenvalue weighted by atomic mass is 9.77. The second-order valence-corrected chi connectivity index (χ2v) is 5.71. The van der Waals surface area contributed by atoms with E-state index in [1.165, 1.54) is 32.1 Å². The Labute approximate surface area is 88.4 Å². The molecule has 0 aromatic heterocycles. The van der Waals surface area contributed by atoms with E-state index in [0.717, 1.165) is 30.6 Å². The van der Waals surface area contributed by atoms with Crippen molar-refractivity contribution >= 4 is 0 Å². The molecule has 0 heterocycles. The third kappa shape index (κ3) is 1.84. The summed E-state index contributed by atoms with van der Waals surface area (Å²) in [7, 11) is 0. The van der Waals surface area contributed by atoms with E-state index in [4.69, 9.17) is 5.73 Å². The van der Waals surface area contributed by atoms with E-state index in [0.29, 0.717) is 0 Å². The van der Waals surface area contributed by atoms with Gasteiger partial charge in [-0.1, -0.05) is 20.3 Å². The average molecular weight is 195 g/mol. The summed E-state index contributed by atoms with van der Waals surface area (Å²) in [6.07, 6.45) is 9.61. The predicted octanol–water partition coefficient (Wildman–Crippen LogP) is 3.33. The van der Waals surface area contributed by atoms with E-state index in [1.54, 1.807) is 0 Å². The smallest absolute Gasteiger partial charge is 0.0151 e. The first-order chi connectivity index (χ1) is 6.67.